The van der Waals surface area contributed by atoms with Crippen molar-refractivity contribution in [3.8, 4) is 5.95 Å². The van der Waals surface area contributed by atoms with Crippen LogP contribution in [-0.2, 0) is 9.53 Å². The van der Waals surface area contributed by atoms with Crippen molar-refractivity contribution < 1.29 is 19.1 Å². The Kier molecular flexibility index (Phi) is 2.95. The molecule has 4 heteroatoms. The summed E-state index contributed by atoms with van der Waals surface area (Å²) >= 11 is 0. The van der Waals surface area contributed by atoms with Gasteiger partial charge in [-0.1, -0.05) is 0 Å². The van der Waals surface area contributed by atoms with Gasteiger partial charge in [0.1, 0.15) is 0 Å². The molecule has 0 saturated heterocycles. The Balaban J connectivity index is 0.000000120. The minimum Gasteiger partial charge on any atom is -0.481 e. The van der Waals surface area contributed by atoms with Gasteiger partial charge in [0.05, 0.1) is 18.9 Å². The molecule has 0 amide bonds. The molecular formula is C8H8O4. The van der Waals surface area contributed by atoms with Crippen LogP contribution in [-0.4, -0.2) is 11.1 Å². The van der Waals surface area contributed by atoms with Gasteiger partial charge in [0.25, 0.3) is 5.95 Å². The van der Waals surface area contributed by atoms with Crippen LogP contribution in [0, 0.1) is 0 Å². The third-order valence-corrected chi connectivity index (χ3v) is 1.09. The summed E-state index contributed by atoms with van der Waals surface area (Å²) in [6, 6.07) is 3.09. The van der Waals surface area contributed by atoms with E-state index < -0.39 is 0 Å². The summed E-state index contributed by atoms with van der Waals surface area (Å²) < 4.78 is 8.72. The van der Waals surface area contributed by atoms with Crippen LogP contribution < -0.4 is 0 Å². The van der Waals surface area contributed by atoms with Crippen LogP contribution in [0.15, 0.2) is 35.2 Å². The summed E-state index contributed by atoms with van der Waals surface area (Å²) in [4.78, 5) is 9.96. The minimum absolute atomic E-state index is 0.0324. The summed E-state index contributed by atoms with van der Waals surface area (Å²) in [7, 11) is 0. The van der Waals surface area contributed by atoms with Crippen LogP contribution in [0.25, 0.3) is 0 Å². The largest absolute Gasteiger partial charge is 0.481 e. The Morgan fingerprint density at radius 1 is 1.50 bits per heavy atom. The van der Waals surface area contributed by atoms with Crippen molar-refractivity contribution in [2.45, 2.75) is 6.42 Å². The monoisotopic (exact) mass is 168 g/mol. The Labute approximate surface area is 69.1 Å². The van der Waals surface area contributed by atoms with E-state index in [-0.39, 0.29) is 11.9 Å². The smallest absolute Gasteiger partial charge is 0.314 e. The molecule has 1 N–H and O–H groups in total. The van der Waals surface area contributed by atoms with Crippen LogP contribution in [0.3, 0.4) is 0 Å². The topological polar surface area (TPSA) is 59.7 Å². The normalized spacial score (nSPS) is 13.5. The van der Waals surface area contributed by atoms with E-state index in [2.05, 4.69) is 9.15 Å². The zero-order chi connectivity index (χ0) is 8.81. The van der Waals surface area contributed by atoms with E-state index in [0.29, 0.717) is 6.42 Å². The molecule has 0 radical (unpaired) electrons. The summed E-state index contributed by atoms with van der Waals surface area (Å²) in [5, 5.41) is 8.31. The maximum atomic E-state index is 9.96. The fraction of sp³-hybridized carbons (Fsp3) is 0.125. The molecule has 0 bridgehead atoms. The van der Waals surface area contributed by atoms with E-state index in [1.807, 2.05) is 0 Å². The minimum atomic E-state index is -0.157. The molecule has 4 nitrogen and oxygen atoms in total. The van der Waals surface area contributed by atoms with E-state index in [1.165, 1.54) is 18.6 Å². The molecule has 2 heterocycles. The predicted molar refractivity (Wildman–Crippen MR) is 40.2 cm³/mol. The quantitative estimate of drug-likeness (QED) is 0.595. The van der Waals surface area contributed by atoms with Gasteiger partial charge in [-0.2, -0.15) is 0 Å². The second-order valence-corrected chi connectivity index (χ2v) is 2.02. The first-order valence-electron chi connectivity index (χ1n) is 3.36. The maximum Gasteiger partial charge on any atom is 0.314 e. The summed E-state index contributed by atoms with van der Waals surface area (Å²) in [6.07, 6.45) is 4.94. The molecule has 0 unspecified atom stereocenters. The SMILES string of the molecule is O=C1CC=CO1.Oc1ccco1. The van der Waals surface area contributed by atoms with E-state index in [9.17, 15) is 4.79 Å². The number of cyclic esters (lactones) is 1. The molecule has 0 fully saturated rings. The number of hydrogen-bond acceptors (Lipinski definition) is 4. The van der Waals surface area contributed by atoms with Gasteiger partial charge in [-0.25, -0.2) is 0 Å². The number of rotatable bonds is 0. The van der Waals surface area contributed by atoms with Gasteiger partial charge >= 0.3 is 5.97 Å². The number of esters is 1. The van der Waals surface area contributed by atoms with Gasteiger partial charge in [-0.15, -0.1) is 0 Å². The third-order valence-electron chi connectivity index (χ3n) is 1.09. The van der Waals surface area contributed by atoms with Gasteiger partial charge in [0, 0.05) is 6.07 Å². The molecule has 1 aliphatic rings. The van der Waals surface area contributed by atoms with E-state index in [4.69, 9.17) is 5.11 Å². The Morgan fingerprint density at radius 2 is 2.33 bits per heavy atom. The highest BCUT2D eigenvalue weighted by Gasteiger charge is 2.00. The van der Waals surface area contributed by atoms with Crippen LogP contribution in [0.4, 0.5) is 0 Å². The predicted octanol–water partition coefficient (Wildman–Crippen LogP) is 1.43. The van der Waals surface area contributed by atoms with Crippen molar-refractivity contribution in [3.63, 3.8) is 0 Å². The highest BCUT2D eigenvalue weighted by Crippen LogP contribution is 2.04. The first kappa shape index (κ1) is 8.39. The summed E-state index contributed by atoms with van der Waals surface area (Å²) in [6.45, 7) is 0. The lowest BCUT2D eigenvalue weighted by atomic mass is 10.5. The molecule has 0 aliphatic carbocycles. The molecule has 64 valence electrons. The Hall–Kier alpha value is -1.71. The van der Waals surface area contributed by atoms with Gasteiger partial charge in [0.2, 0.25) is 0 Å². The van der Waals surface area contributed by atoms with E-state index >= 15 is 0 Å². The van der Waals surface area contributed by atoms with Crippen molar-refractivity contribution in [1.82, 2.24) is 0 Å². The number of hydrogen-bond donors (Lipinski definition) is 1. The Morgan fingerprint density at radius 3 is 2.50 bits per heavy atom. The molecular weight excluding hydrogens is 160 g/mol. The van der Waals surface area contributed by atoms with Crippen molar-refractivity contribution >= 4 is 5.97 Å². The first-order chi connectivity index (χ1) is 5.79. The van der Waals surface area contributed by atoms with E-state index in [0.717, 1.165) is 0 Å². The number of carbonyl (C=O) groups excluding carboxylic acids is 1. The molecule has 0 saturated carbocycles. The van der Waals surface area contributed by atoms with Gasteiger partial charge in [-0.3, -0.25) is 4.79 Å². The lowest BCUT2D eigenvalue weighted by Gasteiger charge is -1.78. The molecule has 1 aliphatic heterocycles. The number of ether oxygens (including phenoxy) is 1. The zero-order valence-corrected chi connectivity index (χ0v) is 6.27. The molecule has 0 atom stereocenters. The summed E-state index contributed by atoms with van der Waals surface area (Å²) in [5.74, 6) is -0.190. The van der Waals surface area contributed by atoms with Crippen molar-refractivity contribution in [2.24, 2.45) is 0 Å². The molecule has 0 spiro atoms. The van der Waals surface area contributed by atoms with Crippen molar-refractivity contribution in [1.29, 1.82) is 0 Å². The lowest BCUT2D eigenvalue weighted by molar-refractivity contribution is -0.135. The van der Waals surface area contributed by atoms with Crippen molar-refractivity contribution in [3.05, 3.63) is 30.7 Å². The van der Waals surface area contributed by atoms with E-state index in [1.54, 1.807) is 12.1 Å². The second kappa shape index (κ2) is 4.23. The standard InChI is InChI=1S/2C4H4O2/c2*5-4-2-1-3-6-4/h1,3H,2H2;1-3,5H. The maximum absolute atomic E-state index is 9.96. The second-order valence-electron chi connectivity index (χ2n) is 2.02. The van der Waals surface area contributed by atoms with Crippen LogP contribution >= 0.6 is 0 Å². The highest BCUT2D eigenvalue weighted by molar-refractivity contribution is 5.73. The lowest BCUT2D eigenvalue weighted by Crippen LogP contribution is -1.87. The highest BCUT2D eigenvalue weighted by atomic mass is 16.5. The number of furan rings is 1. The Bertz CT molecular complexity index is 251. The van der Waals surface area contributed by atoms with Crippen LogP contribution in [0.2, 0.25) is 0 Å². The fourth-order valence-electron chi connectivity index (χ4n) is 0.586. The van der Waals surface area contributed by atoms with Crippen LogP contribution in [0.1, 0.15) is 6.42 Å². The average molecular weight is 168 g/mol. The molecule has 1 aromatic rings. The van der Waals surface area contributed by atoms with Gasteiger partial charge in [-0.05, 0) is 12.1 Å². The first-order valence-corrected chi connectivity index (χ1v) is 3.36. The van der Waals surface area contributed by atoms with Gasteiger partial charge in [0.15, 0.2) is 0 Å². The molecule has 1 aromatic heterocycles. The zero-order valence-electron chi connectivity index (χ0n) is 6.27. The summed E-state index contributed by atoms with van der Waals surface area (Å²) in [5.41, 5.74) is 0. The van der Waals surface area contributed by atoms with Gasteiger partial charge < -0.3 is 14.3 Å². The number of carbonyl (C=O) groups is 1. The average Bonchev–Trinajstić information content (AvgIpc) is 2.63. The molecule has 2 rings (SSSR count). The third kappa shape index (κ3) is 2.92. The molecule has 0 aromatic carbocycles. The van der Waals surface area contributed by atoms with Crippen LogP contribution in [0.5, 0.6) is 5.95 Å². The number of aromatic hydroxyl groups is 1. The molecule has 12 heavy (non-hydrogen) atoms. The van der Waals surface area contributed by atoms with Crippen molar-refractivity contribution in [2.75, 3.05) is 0 Å². The fourth-order valence-corrected chi connectivity index (χ4v) is 0.586.